The predicted octanol–water partition coefficient (Wildman–Crippen LogP) is 3.59. The highest BCUT2D eigenvalue weighted by molar-refractivity contribution is 5.88. The molecule has 0 fully saturated rings. The summed E-state index contributed by atoms with van der Waals surface area (Å²) in [5.41, 5.74) is 1.77. The van der Waals surface area contributed by atoms with Crippen LogP contribution in [-0.2, 0) is 4.74 Å². The Morgan fingerprint density at radius 2 is 2.23 bits per heavy atom. The number of nitrogens with one attached hydrogen (secondary N) is 2. The molecule has 0 aliphatic heterocycles. The number of aromatic nitrogens is 1. The molecule has 1 aromatic carbocycles. The molecule has 0 bridgehead atoms. The Kier molecular flexibility index (Phi) is 4.39. The lowest BCUT2D eigenvalue weighted by molar-refractivity contribution is 0.0535. The molecule has 2 aromatic rings. The van der Waals surface area contributed by atoms with Crippen molar-refractivity contribution in [2.24, 2.45) is 0 Å². The van der Waals surface area contributed by atoms with Gasteiger partial charge in [0.05, 0.1) is 13.1 Å². The molecule has 5 nitrogen and oxygen atoms in total. The van der Waals surface area contributed by atoms with Crippen LogP contribution in [0.3, 0.4) is 0 Å². The third-order valence-electron chi connectivity index (χ3n) is 2.74. The first-order chi connectivity index (χ1) is 10.4. The maximum atomic E-state index is 11.5. The highest BCUT2D eigenvalue weighted by atomic mass is 16.6. The van der Waals surface area contributed by atoms with Crippen molar-refractivity contribution in [3.05, 3.63) is 41.4 Å². The minimum Gasteiger partial charge on any atom is -0.444 e. The number of alkyl carbamates (subject to hydrolysis) is 1. The number of nitrogens with zero attached hydrogens (tertiary/aromatic N) is 1. The van der Waals surface area contributed by atoms with Gasteiger partial charge in [0.2, 0.25) is 0 Å². The van der Waals surface area contributed by atoms with Gasteiger partial charge in [-0.15, -0.1) is 0 Å². The van der Waals surface area contributed by atoms with Crippen molar-refractivity contribution in [2.45, 2.75) is 26.4 Å². The van der Waals surface area contributed by atoms with Gasteiger partial charge >= 0.3 is 6.09 Å². The van der Waals surface area contributed by atoms with E-state index in [1.807, 2.05) is 26.8 Å². The maximum absolute atomic E-state index is 11.5. The van der Waals surface area contributed by atoms with E-state index in [1.54, 1.807) is 18.3 Å². The third-order valence-corrected chi connectivity index (χ3v) is 2.74. The Morgan fingerprint density at radius 1 is 1.45 bits per heavy atom. The van der Waals surface area contributed by atoms with Crippen LogP contribution in [0.4, 0.5) is 10.5 Å². The second kappa shape index (κ2) is 6.24. The summed E-state index contributed by atoms with van der Waals surface area (Å²) >= 11 is 0. The number of carbonyl (C=O) groups is 1. The van der Waals surface area contributed by atoms with Crippen LogP contribution in [0.15, 0.2) is 24.4 Å². The number of amides is 1. The number of fused-ring (bicyclic) bond motifs is 1. The summed E-state index contributed by atoms with van der Waals surface area (Å²) in [4.78, 5) is 17.9. The Labute approximate surface area is 129 Å². The van der Waals surface area contributed by atoms with Crippen molar-refractivity contribution in [3.8, 4) is 11.8 Å². The average Bonchev–Trinajstić information content (AvgIpc) is 2.84. The van der Waals surface area contributed by atoms with Crippen LogP contribution in [0, 0.1) is 18.4 Å². The standard InChI is InChI=1S/C17H17N3O2/c1-17(2,3)22-16(21)19-9-5-6-12-11-20-15-10-13(18-4)7-8-14(12)15/h7-8,10-11,20H,9H2,1-3H3,(H,19,21). The third kappa shape index (κ3) is 4.04. The van der Waals surface area contributed by atoms with Crippen LogP contribution in [0.5, 0.6) is 0 Å². The molecule has 5 heteroatoms. The topological polar surface area (TPSA) is 58.5 Å². The van der Waals surface area contributed by atoms with E-state index in [1.165, 1.54) is 0 Å². The molecule has 22 heavy (non-hydrogen) atoms. The van der Waals surface area contributed by atoms with Crippen molar-refractivity contribution in [3.63, 3.8) is 0 Å². The van der Waals surface area contributed by atoms with Gasteiger partial charge in [-0.2, -0.15) is 0 Å². The number of carbonyl (C=O) groups excluding carboxylic acids is 1. The molecule has 112 valence electrons. The first-order valence-corrected chi connectivity index (χ1v) is 6.83. The van der Waals surface area contributed by atoms with Gasteiger partial charge in [-0.3, -0.25) is 0 Å². The largest absolute Gasteiger partial charge is 0.444 e. The molecule has 2 N–H and O–H groups in total. The lowest BCUT2D eigenvalue weighted by Gasteiger charge is -2.18. The Bertz CT molecular complexity index is 795. The molecular formula is C17H17N3O2. The Morgan fingerprint density at radius 3 is 2.91 bits per heavy atom. The Balaban J connectivity index is 2.01. The van der Waals surface area contributed by atoms with E-state index in [4.69, 9.17) is 11.3 Å². The summed E-state index contributed by atoms with van der Waals surface area (Å²) in [7, 11) is 0. The van der Waals surface area contributed by atoms with Crippen molar-refractivity contribution < 1.29 is 9.53 Å². The molecule has 1 aromatic heterocycles. The van der Waals surface area contributed by atoms with E-state index in [0.29, 0.717) is 5.69 Å². The van der Waals surface area contributed by atoms with Crippen LogP contribution in [0.1, 0.15) is 26.3 Å². The molecule has 0 aliphatic carbocycles. The summed E-state index contributed by atoms with van der Waals surface area (Å²) in [5, 5.41) is 3.54. The number of hydrogen-bond donors (Lipinski definition) is 2. The van der Waals surface area contributed by atoms with Crippen molar-refractivity contribution in [1.29, 1.82) is 0 Å². The summed E-state index contributed by atoms with van der Waals surface area (Å²) in [5.74, 6) is 5.88. The first-order valence-electron chi connectivity index (χ1n) is 6.83. The molecule has 0 aliphatic rings. The number of ether oxygens (including phenoxy) is 1. The monoisotopic (exact) mass is 295 g/mol. The van der Waals surface area contributed by atoms with Crippen LogP contribution in [-0.4, -0.2) is 23.2 Å². The van der Waals surface area contributed by atoms with Gasteiger partial charge in [0.15, 0.2) is 5.69 Å². The molecule has 1 heterocycles. The second-order valence-corrected chi connectivity index (χ2v) is 5.70. The van der Waals surface area contributed by atoms with Crippen LogP contribution < -0.4 is 5.32 Å². The molecule has 0 saturated carbocycles. The number of aromatic amines is 1. The fraction of sp³-hybridized carbons (Fsp3) is 0.294. The van der Waals surface area contributed by atoms with E-state index in [9.17, 15) is 4.79 Å². The second-order valence-electron chi connectivity index (χ2n) is 5.70. The quantitative estimate of drug-likeness (QED) is 0.624. The van der Waals surface area contributed by atoms with Gasteiger partial charge in [0.1, 0.15) is 5.60 Å². The highest BCUT2D eigenvalue weighted by Gasteiger charge is 2.15. The average molecular weight is 295 g/mol. The molecule has 0 unspecified atom stereocenters. The number of H-pyrrole nitrogens is 1. The minimum absolute atomic E-state index is 0.210. The van der Waals surface area contributed by atoms with Gasteiger partial charge in [0.25, 0.3) is 0 Å². The van der Waals surface area contributed by atoms with E-state index in [0.717, 1.165) is 16.5 Å². The Hall–Kier alpha value is -2.92. The van der Waals surface area contributed by atoms with Crippen LogP contribution in [0.25, 0.3) is 15.7 Å². The fourth-order valence-electron chi connectivity index (χ4n) is 1.86. The first kappa shape index (κ1) is 15.5. The number of benzene rings is 1. The zero-order valence-electron chi connectivity index (χ0n) is 12.8. The fourth-order valence-corrected chi connectivity index (χ4v) is 1.86. The van der Waals surface area contributed by atoms with Crippen LogP contribution >= 0.6 is 0 Å². The summed E-state index contributed by atoms with van der Waals surface area (Å²) < 4.78 is 5.12. The smallest absolute Gasteiger partial charge is 0.408 e. The zero-order chi connectivity index (χ0) is 16.2. The normalized spacial score (nSPS) is 10.5. The van der Waals surface area contributed by atoms with Crippen molar-refractivity contribution in [2.75, 3.05) is 6.54 Å². The lowest BCUT2D eigenvalue weighted by Crippen LogP contribution is -2.32. The zero-order valence-corrected chi connectivity index (χ0v) is 12.8. The molecular weight excluding hydrogens is 278 g/mol. The van der Waals surface area contributed by atoms with E-state index in [-0.39, 0.29) is 6.54 Å². The molecule has 0 saturated heterocycles. The van der Waals surface area contributed by atoms with Gasteiger partial charge in [-0.25, -0.2) is 9.64 Å². The van der Waals surface area contributed by atoms with Gasteiger partial charge in [0, 0.05) is 22.7 Å². The number of hydrogen-bond acceptors (Lipinski definition) is 2. The van der Waals surface area contributed by atoms with Gasteiger partial charge in [-0.1, -0.05) is 24.0 Å². The van der Waals surface area contributed by atoms with Crippen molar-refractivity contribution >= 4 is 22.7 Å². The molecule has 0 atom stereocenters. The minimum atomic E-state index is -0.519. The highest BCUT2D eigenvalue weighted by Crippen LogP contribution is 2.22. The molecule has 1 amide bonds. The predicted molar refractivity (Wildman–Crippen MR) is 85.7 cm³/mol. The van der Waals surface area contributed by atoms with Gasteiger partial charge < -0.3 is 15.0 Å². The van der Waals surface area contributed by atoms with Gasteiger partial charge in [-0.05, 0) is 26.8 Å². The summed E-state index contributed by atoms with van der Waals surface area (Å²) in [6.07, 6.45) is 1.31. The van der Waals surface area contributed by atoms with E-state index >= 15 is 0 Å². The van der Waals surface area contributed by atoms with E-state index in [2.05, 4.69) is 27.0 Å². The van der Waals surface area contributed by atoms with Crippen molar-refractivity contribution in [1.82, 2.24) is 10.3 Å². The number of rotatable bonds is 1. The summed E-state index contributed by atoms with van der Waals surface area (Å²) in [6, 6.07) is 5.41. The van der Waals surface area contributed by atoms with E-state index < -0.39 is 11.7 Å². The lowest BCUT2D eigenvalue weighted by atomic mass is 10.1. The molecule has 0 spiro atoms. The molecule has 2 rings (SSSR count). The maximum Gasteiger partial charge on any atom is 0.408 e. The SMILES string of the molecule is [C-]#[N+]c1ccc2c(C#CCNC(=O)OC(C)(C)C)c[nH]c2c1. The summed E-state index contributed by atoms with van der Waals surface area (Å²) in [6.45, 7) is 12.6. The molecule has 0 radical (unpaired) electrons. The van der Waals surface area contributed by atoms with Crippen LogP contribution in [0.2, 0.25) is 0 Å².